The number of fused-ring (bicyclic) bond motifs is 4. The van der Waals surface area contributed by atoms with Gasteiger partial charge in [0.05, 0.1) is 14.2 Å². The van der Waals surface area contributed by atoms with E-state index >= 15 is 0 Å². The van der Waals surface area contributed by atoms with Crippen molar-refractivity contribution in [2.24, 2.45) is 0 Å². The fraction of sp³-hybridized carbons (Fsp3) is 0.160. The molecule has 0 saturated heterocycles. The van der Waals surface area contributed by atoms with Gasteiger partial charge in [-0.25, -0.2) is 0 Å². The summed E-state index contributed by atoms with van der Waals surface area (Å²) in [5.41, 5.74) is 22.4. The van der Waals surface area contributed by atoms with E-state index in [0.29, 0.717) is 0 Å². The van der Waals surface area contributed by atoms with E-state index in [9.17, 15) is 0 Å². The van der Waals surface area contributed by atoms with Crippen LogP contribution in [0.3, 0.4) is 0 Å². The molecule has 7 aromatic carbocycles. The van der Waals surface area contributed by atoms with Crippen LogP contribution in [0.4, 0.5) is 34.1 Å². The van der Waals surface area contributed by atoms with Gasteiger partial charge in [0.15, 0.2) is 0 Å². The molecule has 7 aromatic rings. The third-order valence-electron chi connectivity index (χ3n) is 12.0. The summed E-state index contributed by atoms with van der Waals surface area (Å²) in [5.74, 6) is 1.67. The summed E-state index contributed by atoms with van der Waals surface area (Å²) in [5, 5.41) is 0. The molecule has 9 rings (SSSR count). The van der Waals surface area contributed by atoms with Crippen LogP contribution >= 0.6 is 0 Å². The summed E-state index contributed by atoms with van der Waals surface area (Å²) in [7, 11) is 3.50. The first-order valence-corrected chi connectivity index (χ1v) is 19.6. The van der Waals surface area contributed by atoms with Gasteiger partial charge in [0.25, 0.3) is 0 Å². The number of ether oxygens (including phenoxy) is 2. The maximum atomic E-state index is 5.90. The average Bonchev–Trinajstić information content (AvgIpc) is 3.19. The Morgan fingerprint density at radius 1 is 0.375 bits per heavy atom. The molecule has 2 aliphatic rings. The van der Waals surface area contributed by atoms with Crippen LogP contribution in [0.15, 0.2) is 133 Å². The Hall–Kier alpha value is -6.13. The summed E-state index contributed by atoms with van der Waals surface area (Å²) < 4.78 is 11.8. The molecule has 0 fully saturated rings. The SMILES string of the molecule is COc1ccc2c(c1)N(c1cccc(N3c4ccccc4B(c4c(C)cc(C)cc4C)c4ccc(OC)cc43)c1)c1ccccc1B2c1c(C)cc(C)cc1C. The van der Waals surface area contributed by atoms with Gasteiger partial charge in [-0.15, -0.1) is 0 Å². The molecule has 0 spiro atoms. The predicted molar refractivity (Wildman–Crippen MR) is 240 cm³/mol. The number of hydrogen-bond acceptors (Lipinski definition) is 4. The van der Waals surface area contributed by atoms with Crippen molar-refractivity contribution in [2.45, 2.75) is 41.5 Å². The third kappa shape index (κ3) is 5.70. The Bertz CT molecular complexity index is 2460. The topological polar surface area (TPSA) is 24.9 Å². The van der Waals surface area contributed by atoms with Gasteiger partial charge in [-0.3, -0.25) is 0 Å². The average molecular weight is 729 g/mol. The highest BCUT2D eigenvalue weighted by Gasteiger charge is 2.39. The molecule has 0 aliphatic carbocycles. The van der Waals surface area contributed by atoms with Crippen molar-refractivity contribution in [1.82, 2.24) is 0 Å². The summed E-state index contributed by atoms with van der Waals surface area (Å²) in [4.78, 5) is 4.85. The molecule has 0 N–H and O–H groups in total. The van der Waals surface area contributed by atoms with Crippen molar-refractivity contribution in [3.8, 4) is 11.5 Å². The monoisotopic (exact) mass is 728 g/mol. The quantitative estimate of drug-likeness (QED) is 0.162. The smallest absolute Gasteiger partial charge is 0.247 e. The van der Waals surface area contributed by atoms with Crippen molar-refractivity contribution in [3.63, 3.8) is 0 Å². The lowest BCUT2D eigenvalue weighted by atomic mass is 9.34. The van der Waals surface area contributed by atoms with Crippen molar-refractivity contribution >= 4 is 80.3 Å². The zero-order valence-electron chi connectivity index (χ0n) is 33.6. The molecule has 56 heavy (non-hydrogen) atoms. The zero-order chi connectivity index (χ0) is 38.8. The Morgan fingerprint density at radius 3 is 1.14 bits per heavy atom. The normalized spacial score (nSPS) is 12.9. The Labute approximate surface area is 332 Å². The van der Waals surface area contributed by atoms with Crippen LogP contribution in [0.5, 0.6) is 11.5 Å². The standard InChI is InChI=1S/C50H46B2N2O2/c1-31-24-33(3)49(34(4)25-31)51-41-16-9-11-18-45(41)53(47-29-39(55-7)20-22-43(47)51)37-14-13-15-38(28-37)54-46-19-12-10-17-42(46)52(44-23-21-40(56-8)30-48(44)54)50-35(5)26-32(2)27-36(50)6/h9-30H,1-8H3. The number of hydrogen-bond donors (Lipinski definition) is 0. The van der Waals surface area contributed by atoms with Crippen molar-refractivity contribution in [1.29, 1.82) is 0 Å². The minimum Gasteiger partial charge on any atom is -0.497 e. The van der Waals surface area contributed by atoms with Gasteiger partial charge in [0.1, 0.15) is 11.5 Å². The minimum absolute atomic E-state index is 0.0751. The number of aryl methyl sites for hydroxylation is 6. The molecule has 0 radical (unpaired) electrons. The van der Waals surface area contributed by atoms with Crippen molar-refractivity contribution in [2.75, 3.05) is 24.0 Å². The predicted octanol–water partition coefficient (Wildman–Crippen LogP) is 8.15. The summed E-state index contributed by atoms with van der Waals surface area (Å²) in [6, 6.07) is 49.2. The van der Waals surface area contributed by atoms with E-state index in [1.54, 1.807) is 14.2 Å². The molecule has 0 unspecified atom stereocenters. The van der Waals surface area contributed by atoms with Crippen LogP contribution < -0.4 is 52.1 Å². The Balaban J connectivity index is 1.25. The highest BCUT2D eigenvalue weighted by atomic mass is 16.5. The van der Waals surface area contributed by atoms with Gasteiger partial charge in [-0.1, -0.05) is 123 Å². The highest BCUT2D eigenvalue weighted by Crippen LogP contribution is 2.43. The maximum absolute atomic E-state index is 5.90. The number of nitrogens with zero attached hydrogens (tertiary/aromatic N) is 2. The first kappa shape index (κ1) is 35.6. The molecule has 4 nitrogen and oxygen atoms in total. The Morgan fingerprint density at radius 2 is 0.750 bits per heavy atom. The largest absolute Gasteiger partial charge is 0.497 e. The van der Waals surface area contributed by atoms with Gasteiger partial charge in [-0.2, -0.15) is 0 Å². The Kier molecular flexibility index (Phi) is 8.81. The van der Waals surface area contributed by atoms with Crippen molar-refractivity contribution in [3.05, 3.63) is 167 Å². The van der Waals surface area contributed by atoms with Gasteiger partial charge in [0.2, 0.25) is 13.4 Å². The van der Waals surface area contributed by atoms with Crippen LogP contribution in [0.1, 0.15) is 33.4 Å². The maximum Gasteiger partial charge on any atom is 0.247 e. The summed E-state index contributed by atoms with van der Waals surface area (Å²) >= 11 is 0. The van der Waals surface area contributed by atoms with Gasteiger partial charge < -0.3 is 19.3 Å². The second-order valence-electron chi connectivity index (χ2n) is 15.6. The van der Waals surface area contributed by atoms with E-state index in [0.717, 1.165) is 34.2 Å². The molecular weight excluding hydrogens is 682 g/mol. The fourth-order valence-corrected chi connectivity index (χ4v) is 9.88. The van der Waals surface area contributed by atoms with Crippen LogP contribution in [0.25, 0.3) is 0 Å². The molecule has 0 bridgehead atoms. The van der Waals surface area contributed by atoms with E-state index < -0.39 is 0 Å². The molecule has 274 valence electrons. The van der Waals surface area contributed by atoms with E-state index in [1.165, 1.54) is 77.5 Å². The van der Waals surface area contributed by atoms with Gasteiger partial charge >= 0.3 is 0 Å². The zero-order valence-corrected chi connectivity index (χ0v) is 33.6. The molecule has 0 aromatic heterocycles. The number of anilines is 6. The van der Waals surface area contributed by atoms with Crippen LogP contribution in [-0.2, 0) is 0 Å². The molecule has 0 atom stereocenters. The molecule has 2 heterocycles. The number of rotatable bonds is 6. The second-order valence-corrected chi connectivity index (χ2v) is 15.6. The van der Waals surface area contributed by atoms with Gasteiger partial charge in [0, 0.05) is 46.3 Å². The lowest BCUT2D eigenvalue weighted by Crippen LogP contribution is -2.58. The van der Waals surface area contributed by atoms with Crippen LogP contribution in [-0.4, -0.2) is 27.6 Å². The van der Waals surface area contributed by atoms with E-state index in [2.05, 4.69) is 185 Å². The fourth-order valence-electron chi connectivity index (χ4n) is 9.88. The first-order chi connectivity index (χ1) is 27.2. The second kappa shape index (κ2) is 13.9. The van der Waals surface area contributed by atoms with Gasteiger partial charge in [-0.05, 0) is 106 Å². The van der Waals surface area contributed by atoms with E-state index in [-0.39, 0.29) is 13.4 Å². The molecule has 0 amide bonds. The lowest BCUT2D eigenvalue weighted by Gasteiger charge is -2.40. The van der Waals surface area contributed by atoms with Crippen LogP contribution in [0, 0.1) is 41.5 Å². The number of methoxy groups -OCH3 is 2. The van der Waals surface area contributed by atoms with Crippen LogP contribution in [0.2, 0.25) is 0 Å². The molecule has 2 aliphatic heterocycles. The lowest BCUT2D eigenvalue weighted by molar-refractivity contribution is 0.415. The molecule has 0 saturated carbocycles. The summed E-state index contributed by atoms with van der Waals surface area (Å²) in [6.07, 6.45) is 0. The minimum atomic E-state index is 0.0751. The molecule has 6 heteroatoms. The van der Waals surface area contributed by atoms with E-state index in [4.69, 9.17) is 9.47 Å². The molecular formula is C50H46B2N2O2. The highest BCUT2D eigenvalue weighted by molar-refractivity contribution is 6.99. The first-order valence-electron chi connectivity index (χ1n) is 19.6. The number of para-hydroxylation sites is 2. The summed E-state index contributed by atoms with van der Waals surface area (Å²) in [6.45, 7) is 13.5. The van der Waals surface area contributed by atoms with E-state index in [1.807, 2.05) is 0 Å². The third-order valence-corrected chi connectivity index (χ3v) is 12.0. The number of benzene rings is 7. The van der Waals surface area contributed by atoms with Crippen molar-refractivity contribution < 1.29 is 9.47 Å².